The van der Waals surface area contributed by atoms with E-state index >= 15 is 0 Å². The summed E-state index contributed by atoms with van der Waals surface area (Å²) in [6.45, 7) is 12.0. The van der Waals surface area contributed by atoms with E-state index in [0.29, 0.717) is 0 Å². The van der Waals surface area contributed by atoms with Gasteiger partial charge in [0.15, 0.2) is 0 Å². The molecule has 0 spiro atoms. The molecule has 2 fully saturated rings. The number of likely N-dealkylation sites (tertiary alicyclic amines) is 1. The number of hydrogen-bond donors (Lipinski definition) is 1. The molecule has 1 heterocycles. The van der Waals surface area contributed by atoms with Gasteiger partial charge in [-0.15, -0.1) is 0 Å². The Hall–Kier alpha value is -0.0800. The van der Waals surface area contributed by atoms with Crippen LogP contribution in [0.15, 0.2) is 0 Å². The van der Waals surface area contributed by atoms with Crippen molar-refractivity contribution in [1.29, 1.82) is 0 Å². The van der Waals surface area contributed by atoms with E-state index < -0.39 is 0 Å². The molecule has 1 saturated heterocycles. The highest BCUT2D eigenvalue weighted by Crippen LogP contribution is 2.35. The third kappa shape index (κ3) is 3.98. The summed E-state index contributed by atoms with van der Waals surface area (Å²) < 4.78 is 0. The Bertz CT molecular complexity index is 279. The van der Waals surface area contributed by atoms with Gasteiger partial charge < -0.3 is 5.32 Å². The molecule has 1 aliphatic carbocycles. The lowest BCUT2D eigenvalue weighted by Gasteiger charge is -2.43. The van der Waals surface area contributed by atoms with Crippen LogP contribution in [0.5, 0.6) is 0 Å². The molecule has 5 atom stereocenters. The number of nitrogens with zero attached hydrogens (tertiary/aromatic N) is 1. The lowest BCUT2D eigenvalue weighted by atomic mass is 9.79. The smallest absolute Gasteiger partial charge is 0.0254 e. The maximum absolute atomic E-state index is 3.85. The molecule has 2 heteroatoms. The lowest BCUT2D eigenvalue weighted by molar-refractivity contribution is 0.0871. The van der Waals surface area contributed by atoms with Gasteiger partial charge in [-0.05, 0) is 57.4 Å². The summed E-state index contributed by atoms with van der Waals surface area (Å²) in [5.74, 6) is 1.87. The van der Waals surface area contributed by atoms with E-state index in [0.717, 1.165) is 30.0 Å². The predicted molar refractivity (Wildman–Crippen MR) is 88.1 cm³/mol. The van der Waals surface area contributed by atoms with Crippen LogP contribution >= 0.6 is 0 Å². The summed E-state index contributed by atoms with van der Waals surface area (Å²) in [5, 5.41) is 3.85. The first-order chi connectivity index (χ1) is 9.65. The fraction of sp³-hybridized carbons (Fsp3) is 1.00. The Kier molecular flexibility index (Phi) is 6.35. The number of nitrogens with one attached hydrogen (secondary N) is 1. The zero-order chi connectivity index (χ0) is 14.5. The first-order valence-electron chi connectivity index (χ1n) is 9.14. The molecule has 0 aromatic rings. The van der Waals surface area contributed by atoms with E-state index in [1.807, 2.05) is 0 Å². The second kappa shape index (κ2) is 7.79. The molecule has 1 aliphatic heterocycles. The monoisotopic (exact) mass is 280 g/mol. The van der Waals surface area contributed by atoms with Crippen LogP contribution < -0.4 is 5.32 Å². The normalized spacial score (nSPS) is 39.3. The molecule has 118 valence electrons. The Morgan fingerprint density at radius 3 is 2.45 bits per heavy atom. The maximum Gasteiger partial charge on any atom is 0.0254 e. The molecular formula is C18H36N2. The van der Waals surface area contributed by atoms with Crippen molar-refractivity contribution in [3.8, 4) is 0 Å². The van der Waals surface area contributed by atoms with Crippen LogP contribution in [0.1, 0.15) is 72.6 Å². The van der Waals surface area contributed by atoms with E-state index in [2.05, 4.69) is 37.9 Å². The molecule has 0 aromatic heterocycles. The summed E-state index contributed by atoms with van der Waals surface area (Å²) in [4.78, 5) is 2.85. The first kappa shape index (κ1) is 16.3. The molecule has 0 aromatic carbocycles. The van der Waals surface area contributed by atoms with Gasteiger partial charge >= 0.3 is 0 Å². The predicted octanol–water partition coefficient (Wildman–Crippen LogP) is 4.05. The molecule has 1 N–H and O–H groups in total. The zero-order valence-corrected chi connectivity index (χ0v) is 14.2. The SMILES string of the molecule is CCCNC1CCC(CCC)CC1N1CC(C)CC1C. The van der Waals surface area contributed by atoms with Gasteiger partial charge in [0.05, 0.1) is 0 Å². The first-order valence-corrected chi connectivity index (χ1v) is 9.14. The van der Waals surface area contributed by atoms with Crippen molar-refractivity contribution in [2.45, 2.75) is 90.8 Å². The number of rotatable bonds is 6. The molecule has 0 bridgehead atoms. The van der Waals surface area contributed by atoms with Gasteiger partial charge in [-0.3, -0.25) is 4.90 Å². The Morgan fingerprint density at radius 1 is 1.05 bits per heavy atom. The van der Waals surface area contributed by atoms with E-state index in [9.17, 15) is 0 Å². The van der Waals surface area contributed by atoms with Crippen molar-refractivity contribution in [2.24, 2.45) is 11.8 Å². The summed E-state index contributed by atoms with van der Waals surface area (Å²) in [6, 6.07) is 2.34. The molecule has 2 nitrogen and oxygen atoms in total. The fourth-order valence-electron chi connectivity index (χ4n) is 4.63. The number of hydrogen-bond acceptors (Lipinski definition) is 2. The van der Waals surface area contributed by atoms with Crippen molar-refractivity contribution >= 4 is 0 Å². The highest BCUT2D eigenvalue weighted by molar-refractivity contribution is 4.95. The second-order valence-electron chi connectivity index (χ2n) is 7.48. The van der Waals surface area contributed by atoms with E-state index in [1.54, 1.807) is 0 Å². The van der Waals surface area contributed by atoms with E-state index in [4.69, 9.17) is 0 Å². The van der Waals surface area contributed by atoms with Crippen molar-refractivity contribution < 1.29 is 0 Å². The minimum atomic E-state index is 0.746. The topological polar surface area (TPSA) is 15.3 Å². The minimum Gasteiger partial charge on any atom is -0.312 e. The van der Waals surface area contributed by atoms with Gasteiger partial charge in [0.25, 0.3) is 0 Å². The average Bonchev–Trinajstić information content (AvgIpc) is 2.76. The van der Waals surface area contributed by atoms with Gasteiger partial charge in [-0.25, -0.2) is 0 Å². The third-order valence-electron chi connectivity index (χ3n) is 5.54. The van der Waals surface area contributed by atoms with E-state index in [-0.39, 0.29) is 0 Å². The van der Waals surface area contributed by atoms with Gasteiger partial charge in [-0.1, -0.05) is 33.6 Å². The van der Waals surface area contributed by atoms with Crippen LogP contribution in [-0.4, -0.2) is 36.1 Å². The van der Waals surface area contributed by atoms with Crippen LogP contribution in [0.2, 0.25) is 0 Å². The second-order valence-corrected chi connectivity index (χ2v) is 7.48. The Morgan fingerprint density at radius 2 is 1.85 bits per heavy atom. The lowest BCUT2D eigenvalue weighted by Crippen LogP contribution is -2.54. The van der Waals surface area contributed by atoms with Crippen LogP contribution in [-0.2, 0) is 0 Å². The summed E-state index contributed by atoms with van der Waals surface area (Å²) >= 11 is 0. The standard InChI is InChI=1S/C18H36N2/c1-5-7-16-8-9-17(19-10-6-2)18(12-16)20-13-14(3)11-15(20)4/h14-19H,5-13H2,1-4H3. The van der Waals surface area contributed by atoms with Crippen molar-refractivity contribution in [1.82, 2.24) is 10.2 Å². The molecule has 1 saturated carbocycles. The zero-order valence-electron chi connectivity index (χ0n) is 14.2. The average molecular weight is 280 g/mol. The summed E-state index contributed by atoms with van der Waals surface area (Å²) in [7, 11) is 0. The molecule has 5 unspecified atom stereocenters. The summed E-state index contributed by atoms with van der Waals surface area (Å²) in [5.41, 5.74) is 0. The largest absolute Gasteiger partial charge is 0.312 e. The van der Waals surface area contributed by atoms with Gasteiger partial charge in [0.2, 0.25) is 0 Å². The van der Waals surface area contributed by atoms with Crippen molar-refractivity contribution in [3.63, 3.8) is 0 Å². The molecule has 2 rings (SSSR count). The highest BCUT2D eigenvalue weighted by atomic mass is 15.2. The van der Waals surface area contributed by atoms with Gasteiger partial charge in [0, 0.05) is 24.7 Å². The quantitative estimate of drug-likeness (QED) is 0.789. The molecular weight excluding hydrogens is 244 g/mol. The molecule has 0 radical (unpaired) electrons. The molecule has 20 heavy (non-hydrogen) atoms. The highest BCUT2D eigenvalue weighted by Gasteiger charge is 2.39. The maximum atomic E-state index is 3.85. The van der Waals surface area contributed by atoms with Crippen molar-refractivity contribution in [3.05, 3.63) is 0 Å². The molecule has 0 amide bonds. The van der Waals surface area contributed by atoms with Crippen LogP contribution in [0.3, 0.4) is 0 Å². The third-order valence-corrected chi connectivity index (χ3v) is 5.54. The van der Waals surface area contributed by atoms with Crippen LogP contribution in [0.25, 0.3) is 0 Å². The minimum absolute atomic E-state index is 0.746. The van der Waals surface area contributed by atoms with Crippen LogP contribution in [0, 0.1) is 11.8 Å². The fourth-order valence-corrected chi connectivity index (χ4v) is 4.63. The van der Waals surface area contributed by atoms with Crippen molar-refractivity contribution in [2.75, 3.05) is 13.1 Å². The van der Waals surface area contributed by atoms with Gasteiger partial charge in [0.1, 0.15) is 0 Å². The summed E-state index contributed by atoms with van der Waals surface area (Å²) in [6.07, 6.45) is 9.73. The Labute approximate surface area is 126 Å². The Balaban J connectivity index is 2.00. The van der Waals surface area contributed by atoms with E-state index in [1.165, 1.54) is 58.0 Å². The van der Waals surface area contributed by atoms with Crippen LogP contribution in [0.4, 0.5) is 0 Å². The van der Waals surface area contributed by atoms with Gasteiger partial charge in [-0.2, -0.15) is 0 Å². The molecule has 2 aliphatic rings.